The van der Waals surface area contributed by atoms with Crippen molar-refractivity contribution in [3.63, 3.8) is 0 Å². The van der Waals surface area contributed by atoms with Crippen molar-refractivity contribution in [2.75, 3.05) is 13.2 Å². The number of urea groups is 1. The summed E-state index contributed by atoms with van der Waals surface area (Å²) in [5.41, 5.74) is 0. The number of carbonyl (C=O) groups excluding carboxylic acids is 2. The van der Waals surface area contributed by atoms with Crippen LogP contribution in [0.4, 0.5) is 4.79 Å². The standard InChI is InChI=1S/C13H22N2O5/c1-2-10-9(6-7-20-10)8-14-13(19)15-11(16)4-3-5-12(17)18/h9-10H,2-8H2,1H3,(H,17,18)(H2,14,15,16,19). The van der Waals surface area contributed by atoms with Gasteiger partial charge >= 0.3 is 12.0 Å². The number of hydrogen-bond donors (Lipinski definition) is 3. The molecule has 1 aliphatic heterocycles. The van der Waals surface area contributed by atoms with Gasteiger partial charge in [0.25, 0.3) is 0 Å². The zero-order valence-corrected chi connectivity index (χ0v) is 11.7. The fraction of sp³-hybridized carbons (Fsp3) is 0.769. The van der Waals surface area contributed by atoms with Crippen LogP contribution in [-0.2, 0) is 14.3 Å². The van der Waals surface area contributed by atoms with Crippen LogP contribution in [-0.4, -0.2) is 42.3 Å². The van der Waals surface area contributed by atoms with Crippen molar-refractivity contribution in [1.29, 1.82) is 0 Å². The van der Waals surface area contributed by atoms with E-state index in [0.717, 1.165) is 12.8 Å². The molecule has 1 aliphatic rings. The zero-order valence-electron chi connectivity index (χ0n) is 11.7. The molecule has 20 heavy (non-hydrogen) atoms. The first kappa shape index (κ1) is 16.4. The predicted octanol–water partition coefficient (Wildman–Crippen LogP) is 0.882. The summed E-state index contributed by atoms with van der Waals surface area (Å²) in [6, 6.07) is -0.535. The number of nitrogens with one attached hydrogen (secondary N) is 2. The molecule has 1 saturated heterocycles. The average Bonchev–Trinajstić information content (AvgIpc) is 2.83. The Bertz CT molecular complexity index is 359. The molecule has 2 unspecified atom stereocenters. The molecular formula is C13H22N2O5. The van der Waals surface area contributed by atoms with Gasteiger partial charge in [0.2, 0.25) is 5.91 Å². The zero-order chi connectivity index (χ0) is 15.0. The number of carbonyl (C=O) groups is 3. The molecule has 0 saturated carbocycles. The summed E-state index contributed by atoms with van der Waals surface area (Å²) in [6.07, 6.45) is 2.16. The quantitative estimate of drug-likeness (QED) is 0.644. The number of amides is 3. The van der Waals surface area contributed by atoms with E-state index in [9.17, 15) is 14.4 Å². The topological polar surface area (TPSA) is 105 Å². The maximum absolute atomic E-state index is 11.5. The van der Waals surface area contributed by atoms with E-state index in [4.69, 9.17) is 9.84 Å². The molecule has 0 aromatic heterocycles. The highest BCUT2D eigenvalue weighted by molar-refractivity contribution is 5.94. The monoisotopic (exact) mass is 286 g/mol. The summed E-state index contributed by atoms with van der Waals surface area (Å²) in [7, 11) is 0. The van der Waals surface area contributed by atoms with Gasteiger partial charge in [0.15, 0.2) is 0 Å². The minimum absolute atomic E-state index is 0.0316. The summed E-state index contributed by atoms with van der Waals surface area (Å²) >= 11 is 0. The van der Waals surface area contributed by atoms with Crippen molar-refractivity contribution in [3.05, 3.63) is 0 Å². The van der Waals surface area contributed by atoms with Crippen molar-refractivity contribution >= 4 is 17.9 Å². The van der Waals surface area contributed by atoms with Gasteiger partial charge < -0.3 is 15.2 Å². The van der Waals surface area contributed by atoms with Crippen LogP contribution >= 0.6 is 0 Å². The Morgan fingerprint density at radius 2 is 2.05 bits per heavy atom. The molecule has 0 bridgehead atoms. The lowest BCUT2D eigenvalue weighted by atomic mass is 10.00. The van der Waals surface area contributed by atoms with Crippen molar-refractivity contribution in [3.8, 4) is 0 Å². The van der Waals surface area contributed by atoms with Gasteiger partial charge in [-0.3, -0.25) is 14.9 Å². The molecule has 114 valence electrons. The Hall–Kier alpha value is -1.63. The number of ether oxygens (including phenoxy) is 1. The fourth-order valence-electron chi connectivity index (χ4n) is 2.23. The summed E-state index contributed by atoms with van der Waals surface area (Å²) in [4.78, 5) is 33.2. The highest BCUT2D eigenvalue weighted by Crippen LogP contribution is 2.22. The van der Waals surface area contributed by atoms with Crippen LogP contribution in [0.1, 0.15) is 39.0 Å². The third-order valence-electron chi connectivity index (χ3n) is 3.32. The average molecular weight is 286 g/mol. The van der Waals surface area contributed by atoms with Gasteiger partial charge in [0.1, 0.15) is 0 Å². The second kappa shape index (κ2) is 8.52. The van der Waals surface area contributed by atoms with Crippen LogP contribution in [0.25, 0.3) is 0 Å². The first-order valence-electron chi connectivity index (χ1n) is 6.94. The van der Waals surface area contributed by atoms with E-state index in [2.05, 4.69) is 10.6 Å². The van der Waals surface area contributed by atoms with Crippen molar-refractivity contribution in [2.45, 2.75) is 45.1 Å². The lowest BCUT2D eigenvalue weighted by Crippen LogP contribution is -2.42. The van der Waals surface area contributed by atoms with Crippen molar-refractivity contribution in [2.24, 2.45) is 5.92 Å². The van der Waals surface area contributed by atoms with E-state index in [0.29, 0.717) is 13.2 Å². The molecule has 7 nitrogen and oxygen atoms in total. The second-order valence-electron chi connectivity index (χ2n) is 4.87. The van der Waals surface area contributed by atoms with E-state index < -0.39 is 17.9 Å². The van der Waals surface area contributed by atoms with E-state index >= 15 is 0 Å². The number of carboxylic acids is 1. The fourth-order valence-corrected chi connectivity index (χ4v) is 2.23. The molecule has 2 atom stereocenters. The number of carboxylic acid groups (broad SMARTS) is 1. The smallest absolute Gasteiger partial charge is 0.321 e. The Kier molecular flexibility index (Phi) is 7.00. The van der Waals surface area contributed by atoms with Gasteiger partial charge in [-0.1, -0.05) is 6.92 Å². The third-order valence-corrected chi connectivity index (χ3v) is 3.32. The summed E-state index contributed by atoms with van der Waals surface area (Å²) in [5, 5.41) is 13.3. The minimum atomic E-state index is -0.950. The van der Waals surface area contributed by atoms with Crippen molar-refractivity contribution in [1.82, 2.24) is 10.6 Å². The molecule has 3 N–H and O–H groups in total. The second-order valence-corrected chi connectivity index (χ2v) is 4.87. The summed E-state index contributed by atoms with van der Waals surface area (Å²) < 4.78 is 5.51. The Morgan fingerprint density at radius 3 is 2.70 bits per heavy atom. The molecular weight excluding hydrogens is 264 g/mol. The minimum Gasteiger partial charge on any atom is -0.481 e. The van der Waals surface area contributed by atoms with Gasteiger partial charge in [-0.2, -0.15) is 0 Å². The largest absolute Gasteiger partial charge is 0.481 e. The SMILES string of the molecule is CCC1OCCC1CNC(=O)NC(=O)CCCC(=O)O. The Morgan fingerprint density at radius 1 is 1.30 bits per heavy atom. The molecule has 0 aliphatic carbocycles. The maximum Gasteiger partial charge on any atom is 0.321 e. The molecule has 0 aromatic carbocycles. The van der Waals surface area contributed by atoms with Crippen LogP contribution < -0.4 is 10.6 Å². The predicted molar refractivity (Wildman–Crippen MR) is 71.2 cm³/mol. The summed E-state index contributed by atoms with van der Waals surface area (Å²) in [5.74, 6) is -1.12. The molecule has 0 aromatic rings. The highest BCUT2D eigenvalue weighted by Gasteiger charge is 2.26. The van der Waals surface area contributed by atoms with E-state index in [-0.39, 0.29) is 31.3 Å². The highest BCUT2D eigenvalue weighted by atomic mass is 16.5. The van der Waals surface area contributed by atoms with Gasteiger partial charge in [-0.05, 0) is 19.3 Å². The number of hydrogen-bond acceptors (Lipinski definition) is 4. The van der Waals surface area contributed by atoms with Crippen LogP contribution in [0.15, 0.2) is 0 Å². The van der Waals surface area contributed by atoms with E-state index in [1.807, 2.05) is 6.92 Å². The van der Waals surface area contributed by atoms with E-state index in [1.54, 1.807) is 0 Å². The third kappa shape index (κ3) is 6.01. The molecule has 3 amide bonds. The molecule has 1 heterocycles. The first-order chi connectivity index (χ1) is 9.52. The maximum atomic E-state index is 11.5. The van der Waals surface area contributed by atoms with Crippen LogP contribution in [0.5, 0.6) is 0 Å². The van der Waals surface area contributed by atoms with Crippen LogP contribution in [0, 0.1) is 5.92 Å². The molecule has 1 fully saturated rings. The number of aliphatic carboxylic acids is 1. The van der Waals surface area contributed by atoms with Crippen LogP contribution in [0.2, 0.25) is 0 Å². The Labute approximate surface area is 118 Å². The van der Waals surface area contributed by atoms with Gasteiger partial charge in [0.05, 0.1) is 6.10 Å². The molecule has 1 rings (SSSR count). The van der Waals surface area contributed by atoms with Gasteiger partial charge in [-0.15, -0.1) is 0 Å². The number of rotatable bonds is 7. The lowest BCUT2D eigenvalue weighted by Gasteiger charge is -2.17. The van der Waals surface area contributed by atoms with Gasteiger partial charge in [0, 0.05) is 31.9 Å². The lowest BCUT2D eigenvalue weighted by molar-refractivity contribution is -0.137. The number of imide groups is 1. The Balaban J connectivity index is 2.16. The first-order valence-corrected chi connectivity index (χ1v) is 6.94. The van der Waals surface area contributed by atoms with Crippen LogP contribution in [0.3, 0.4) is 0 Å². The van der Waals surface area contributed by atoms with Gasteiger partial charge in [-0.25, -0.2) is 4.79 Å². The molecule has 7 heteroatoms. The summed E-state index contributed by atoms with van der Waals surface area (Å²) in [6.45, 7) is 3.22. The van der Waals surface area contributed by atoms with Crippen molar-refractivity contribution < 1.29 is 24.2 Å². The van der Waals surface area contributed by atoms with E-state index in [1.165, 1.54) is 0 Å². The molecule has 0 radical (unpaired) electrons. The molecule has 0 spiro atoms. The normalized spacial score (nSPS) is 21.4.